The number of anilines is 1. The standard InChI is InChI=1S/C22H17Cl2NO3/c1-14(26)16-7-9-18(10-8-16)25-22(27)17-11-19(23)21(20(24)12-17)28-13-15-5-3-2-4-6-15/h2-12H,13H2,1H3,(H,25,27). The third-order valence-electron chi connectivity index (χ3n) is 4.04. The molecular formula is C22H17Cl2NO3. The van der Waals surface area contributed by atoms with Gasteiger partial charge in [0.15, 0.2) is 11.5 Å². The number of Topliss-reactive ketones (excluding diaryl/α,β-unsaturated/α-hetero) is 1. The van der Waals surface area contributed by atoms with Crippen molar-refractivity contribution in [1.82, 2.24) is 0 Å². The minimum absolute atomic E-state index is 0.0393. The molecule has 0 saturated heterocycles. The van der Waals surface area contributed by atoms with Crippen molar-refractivity contribution in [3.63, 3.8) is 0 Å². The van der Waals surface area contributed by atoms with Crippen LogP contribution < -0.4 is 10.1 Å². The van der Waals surface area contributed by atoms with E-state index in [9.17, 15) is 9.59 Å². The van der Waals surface area contributed by atoms with Crippen molar-refractivity contribution >= 4 is 40.6 Å². The van der Waals surface area contributed by atoms with Gasteiger partial charge in [0.2, 0.25) is 0 Å². The van der Waals surface area contributed by atoms with E-state index in [1.807, 2.05) is 30.3 Å². The summed E-state index contributed by atoms with van der Waals surface area (Å²) in [6.07, 6.45) is 0. The number of hydrogen-bond acceptors (Lipinski definition) is 3. The molecule has 142 valence electrons. The van der Waals surface area contributed by atoms with Crippen LogP contribution >= 0.6 is 23.2 Å². The van der Waals surface area contributed by atoms with Crippen LogP contribution in [0, 0.1) is 0 Å². The zero-order valence-corrected chi connectivity index (χ0v) is 16.6. The molecule has 0 spiro atoms. The van der Waals surface area contributed by atoms with E-state index in [1.165, 1.54) is 19.1 Å². The fourth-order valence-electron chi connectivity index (χ4n) is 2.55. The Morgan fingerprint density at radius 3 is 2.07 bits per heavy atom. The number of amides is 1. The van der Waals surface area contributed by atoms with Crippen LogP contribution in [0.2, 0.25) is 10.0 Å². The van der Waals surface area contributed by atoms with Crippen molar-refractivity contribution in [2.24, 2.45) is 0 Å². The fourth-order valence-corrected chi connectivity index (χ4v) is 3.15. The predicted octanol–water partition coefficient (Wildman–Crippen LogP) is 6.03. The molecule has 1 amide bonds. The first kappa shape index (κ1) is 19.9. The monoisotopic (exact) mass is 413 g/mol. The van der Waals surface area contributed by atoms with Gasteiger partial charge >= 0.3 is 0 Å². The molecular weight excluding hydrogens is 397 g/mol. The summed E-state index contributed by atoms with van der Waals surface area (Å²) in [7, 11) is 0. The molecule has 4 nitrogen and oxygen atoms in total. The number of rotatable bonds is 6. The summed E-state index contributed by atoms with van der Waals surface area (Å²) in [5, 5.41) is 3.25. The molecule has 3 aromatic carbocycles. The Morgan fingerprint density at radius 2 is 1.50 bits per heavy atom. The number of ketones is 1. The SMILES string of the molecule is CC(=O)c1ccc(NC(=O)c2cc(Cl)c(OCc3ccccc3)c(Cl)c2)cc1. The van der Waals surface area contributed by atoms with Crippen LogP contribution in [0.15, 0.2) is 66.7 Å². The van der Waals surface area contributed by atoms with Gasteiger partial charge in [0.1, 0.15) is 6.61 Å². The number of halogens is 2. The van der Waals surface area contributed by atoms with Crippen LogP contribution in [-0.2, 0) is 6.61 Å². The van der Waals surface area contributed by atoms with Gasteiger partial charge in [-0.25, -0.2) is 0 Å². The maximum absolute atomic E-state index is 12.5. The summed E-state index contributed by atoms with van der Waals surface area (Å²) < 4.78 is 5.71. The van der Waals surface area contributed by atoms with E-state index in [-0.39, 0.29) is 21.7 Å². The lowest BCUT2D eigenvalue weighted by Gasteiger charge is -2.12. The highest BCUT2D eigenvalue weighted by Gasteiger charge is 2.15. The third kappa shape index (κ3) is 4.91. The highest BCUT2D eigenvalue weighted by atomic mass is 35.5. The second-order valence-corrected chi connectivity index (χ2v) is 6.95. The minimum Gasteiger partial charge on any atom is -0.486 e. The second-order valence-electron chi connectivity index (χ2n) is 6.13. The van der Waals surface area contributed by atoms with Crippen LogP contribution in [0.4, 0.5) is 5.69 Å². The molecule has 28 heavy (non-hydrogen) atoms. The number of benzene rings is 3. The number of carbonyl (C=O) groups excluding carboxylic acids is 2. The molecule has 0 bridgehead atoms. The molecule has 3 aromatic rings. The van der Waals surface area contributed by atoms with E-state index < -0.39 is 0 Å². The predicted molar refractivity (Wildman–Crippen MR) is 112 cm³/mol. The Morgan fingerprint density at radius 1 is 0.893 bits per heavy atom. The summed E-state index contributed by atoms with van der Waals surface area (Å²) in [5.41, 5.74) is 2.42. The molecule has 0 aliphatic rings. The van der Waals surface area contributed by atoms with Crippen molar-refractivity contribution in [3.8, 4) is 5.75 Å². The van der Waals surface area contributed by atoms with Crippen molar-refractivity contribution in [3.05, 3.63) is 93.5 Å². The van der Waals surface area contributed by atoms with Crippen LogP contribution in [0.1, 0.15) is 33.2 Å². The van der Waals surface area contributed by atoms with Gasteiger partial charge in [-0.1, -0.05) is 53.5 Å². The average molecular weight is 414 g/mol. The van der Waals surface area contributed by atoms with Gasteiger partial charge in [-0.2, -0.15) is 0 Å². The molecule has 3 rings (SSSR count). The maximum Gasteiger partial charge on any atom is 0.255 e. The van der Waals surface area contributed by atoms with Crippen LogP contribution in [0.3, 0.4) is 0 Å². The summed E-state index contributed by atoms with van der Waals surface area (Å²) >= 11 is 12.6. The lowest BCUT2D eigenvalue weighted by atomic mass is 10.1. The lowest BCUT2D eigenvalue weighted by molar-refractivity contribution is 0.101. The first-order valence-electron chi connectivity index (χ1n) is 8.52. The van der Waals surface area contributed by atoms with Crippen molar-refractivity contribution < 1.29 is 14.3 Å². The lowest BCUT2D eigenvalue weighted by Crippen LogP contribution is -2.12. The van der Waals surface area contributed by atoms with Gasteiger partial charge in [0.25, 0.3) is 5.91 Å². The van der Waals surface area contributed by atoms with Crippen molar-refractivity contribution in [2.75, 3.05) is 5.32 Å². The second kappa shape index (κ2) is 8.91. The molecule has 0 fully saturated rings. The Balaban J connectivity index is 1.72. The molecule has 6 heteroatoms. The van der Waals surface area contributed by atoms with Gasteiger partial charge in [-0.15, -0.1) is 0 Å². The summed E-state index contributed by atoms with van der Waals surface area (Å²) in [4.78, 5) is 23.8. The highest BCUT2D eigenvalue weighted by Crippen LogP contribution is 2.35. The quantitative estimate of drug-likeness (QED) is 0.502. The fraction of sp³-hybridized carbons (Fsp3) is 0.0909. The molecule has 0 atom stereocenters. The van der Waals surface area contributed by atoms with Gasteiger partial charge < -0.3 is 10.1 Å². The Hall–Kier alpha value is -2.82. The van der Waals surface area contributed by atoms with E-state index in [2.05, 4.69) is 5.32 Å². The topological polar surface area (TPSA) is 55.4 Å². The highest BCUT2D eigenvalue weighted by molar-refractivity contribution is 6.37. The Labute approximate surface area is 173 Å². The molecule has 0 aromatic heterocycles. The first-order chi connectivity index (χ1) is 13.4. The van der Waals surface area contributed by atoms with Crippen LogP contribution in [0.25, 0.3) is 0 Å². The van der Waals surface area contributed by atoms with Crippen LogP contribution in [-0.4, -0.2) is 11.7 Å². The zero-order valence-electron chi connectivity index (χ0n) is 15.0. The molecule has 0 heterocycles. The summed E-state index contributed by atoms with van der Waals surface area (Å²) in [5.74, 6) is -0.0777. The number of ether oxygens (including phenoxy) is 1. The first-order valence-corrected chi connectivity index (χ1v) is 9.28. The normalized spacial score (nSPS) is 10.4. The van der Waals surface area contributed by atoms with E-state index in [1.54, 1.807) is 24.3 Å². The largest absolute Gasteiger partial charge is 0.486 e. The average Bonchev–Trinajstić information content (AvgIpc) is 2.68. The van der Waals surface area contributed by atoms with E-state index >= 15 is 0 Å². The molecule has 1 N–H and O–H groups in total. The minimum atomic E-state index is -0.367. The molecule has 0 aliphatic heterocycles. The van der Waals surface area contributed by atoms with Gasteiger partial charge in [0, 0.05) is 16.8 Å². The number of hydrogen-bond donors (Lipinski definition) is 1. The van der Waals surface area contributed by atoms with E-state index in [0.29, 0.717) is 29.2 Å². The van der Waals surface area contributed by atoms with Gasteiger partial charge in [0.05, 0.1) is 10.0 Å². The third-order valence-corrected chi connectivity index (χ3v) is 4.60. The van der Waals surface area contributed by atoms with Gasteiger partial charge in [-0.05, 0) is 48.9 Å². The van der Waals surface area contributed by atoms with Crippen molar-refractivity contribution in [1.29, 1.82) is 0 Å². The maximum atomic E-state index is 12.5. The van der Waals surface area contributed by atoms with Crippen molar-refractivity contribution in [2.45, 2.75) is 13.5 Å². The molecule has 0 aliphatic carbocycles. The smallest absolute Gasteiger partial charge is 0.255 e. The summed E-state index contributed by atoms with van der Waals surface area (Å²) in [6, 6.07) is 19.3. The molecule has 0 saturated carbocycles. The summed E-state index contributed by atoms with van der Waals surface area (Å²) in [6.45, 7) is 1.80. The molecule has 0 radical (unpaired) electrons. The molecule has 0 unspecified atom stereocenters. The Kier molecular flexibility index (Phi) is 6.34. The number of nitrogens with one attached hydrogen (secondary N) is 1. The zero-order chi connectivity index (χ0) is 20.1. The van der Waals surface area contributed by atoms with Gasteiger partial charge in [-0.3, -0.25) is 9.59 Å². The Bertz CT molecular complexity index is 979. The number of carbonyl (C=O) groups is 2. The van der Waals surface area contributed by atoms with E-state index in [4.69, 9.17) is 27.9 Å². The van der Waals surface area contributed by atoms with Crippen LogP contribution in [0.5, 0.6) is 5.75 Å². The van der Waals surface area contributed by atoms with E-state index in [0.717, 1.165) is 5.56 Å².